The number of anilines is 1. The molecule has 2 aliphatic heterocycles. The minimum Gasteiger partial charge on any atom is -0.331 e. The molecule has 0 aromatic heterocycles. The number of benzene rings is 2. The first-order chi connectivity index (χ1) is 13.6. The molecule has 0 bridgehead atoms. The van der Waals surface area contributed by atoms with E-state index in [-0.39, 0.29) is 24.1 Å². The lowest BCUT2D eigenvalue weighted by Crippen LogP contribution is -3.13. The van der Waals surface area contributed by atoms with Gasteiger partial charge in [0, 0.05) is 16.9 Å². The highest BCUT2D eigenvalue weighted by Crippen LogP contribution is 2.36. The fourth-order valence-corrected chi connectivity index (χ4v) is 4.78. The highest BCUT2D eigenvalue weighted by Gasteiger charge is 2.32. The van der Waals surface area contributed by atoms with Crippen LogP contribution in [0.5, 0.6) is 0 Å². The van der Waals surface area contributed by atoms with Crippen molar-refractivity contribution in [3.05, 3.63) is 59.9 Å². The molecule has 0 unspecified atom stereocenters. The third-order valence-electron chi connectivity index (χ3n) is 5.29. The molecule has 0 saturated carbocycles. The first kappa shape index (κ1) is 19.0. The maximum atomic E-state index is 13.8. The zero-order valence-electron chi connectivity index (χ0n) is 15.5. The third kappa shape index (κ3) is 4.20. The van der Waals surface area contributed by atoms with Crippen molar-refractivity contribution in [2.75, 3.05) is 31.5 Å². The van der Waals surface area contributed by atoms with Crippen molar-refractivity contribution in [1.82, 2.24) is 4.90 Å². The van der Waals surface area contributed by atoms with Gasteiger partial charge in [0.1, 0.15) is 12.4 Å². The van der Waals surface area contributed by atoms with Crippen LogP contribution in [0.3, 0.4) is 0 Å². The van der Waals surface area contributed by atoms with Gasteiger partial charge in [0.2, 0.25) is 11.8 Å². The quantitative estimate of drug-likeness (QED) is 0.819. The predicted molar refractivity (Wildman–Crippen MR) is 107 cm³/mol. The van der Waals surface area contributed by atoms with E-state index >= 15 is 0 Å². The van der Waals surface area contributed by atoms with Gasteiger partial charge in [-0.2, -0.15) is 0 Å². The number of fused-ring (bicyclic) bond motifs is 1. The summed E-state index contributed by atoms with van der Waals surface area (Å²) < 4.78 is 13.8. The Morgan fingerprint density at radius 2 is 1.86 bits per heavy atom. The number of para-hydroxylation sites is 1. The fraction of sp³-hybridized carbons (Fsp3) is 0.333. The number of carbonyl (C=O) groups excluding carboxylic acids is 2. The molecule has 2 aromatic rings. The number of hydrogen-bond donors (Lipinski definition) is 2. The molecule has 2 amide bonds. The number of nitrogens with one attached hydrogen (secondary N) is 2. The van der Waals surface area contributed by atoms with Gasteiger partial charge >= 0.3 is 0 Å². The van der Waals surface area contributed by atoms with E-state index in [9.17, 15) is 14.0 Å². The molecule has 2 aromatic carbocycles. The van der Waals surface area contributed by atoms with E-state index in [1.807, 2.05) is 41.3 Å². The Morgan fingerprint density at radius 3 is 2.64 bits per heavy atom. The second kappa shape index (κ2) is 8.32. The highest BCUT2D eigenvalue weighted by molar-refractivity contribution is 8.01. The van der Waals surface area contributed by atoms with E-state index in [2.05, 4.69) is 5.32 Å². The van der Waals surface area contributed by atoms with Gasteiger partial charge in [-0.3, -0.25) is 9.59 Å². The molecule has 146 valence electrons. The van der Waals surface area contributed by atoms with Gasteiger partial charge < -0.3 is 15.1 Å². The van der Waals surface area contributed by atoms with Gasteiger partial charge in [0.25, 0.3) is 0 Å². The minimum atomic E-state index is -0.397. The van der Waals surface area contributed by atoms with Crippen molar-refractivity contribution in [2.45, 2.75) is 23.1 Å². The molecule has 1 fully saturated rings. The predicted octanol–water partition coefficient (Wildman–Crippen LogP) is 1.56. The van der Waals surface area contributed by atoms with E-state index in [4.69, 9.17) is 0 Å². The number of nitrogens with zero attached hydrogens (tertiary/aromatic N) is 1. The van der Waals surface area contributed by atoms with Crippen LogP contribution in [0.25, 0.3) is 0 Å². The number of halogens is 1. The van der Waals surface area contributed by atoms with E-state index < -0.39 is 5.25 Å². The first-order valence-corrected chi connectivity index (χ1v) is 10.4. The Labute approximate surface area is 167 Å². The Kier molecular flexibility index (Phi) is 5.64. The standard InChI is InChI=1S/C21H22FN3O2S/c22-16-6-2-1-5-15(16)14-24-9-11-25(12-10-24)20(26)13-19-21(27)23-17-7-3-4-8-18(17)28-19/h1-8,19H,9-14H2,(H,23,27)/p+1/t19-/m0/s1. The molecule has 1 saturated heterocycles. The van der Waals surface area contributed by atoms with Crippen LogP contribution in [-0.2, 0) is 16.1 Å². The normalized spacial score (nSPS) is 19.8. The van der Waals surface area contributed by atoms with Crippen LogP contribution < -0.4 is 10.2 Å². The summed E-state index contributed by atoms with van der Waals surface area (Å²) >= 11 is 1.45. The molecule has 2 N–H and O–H groups in total. The number of amides is 2. The Morgan fingerprint density at radius 1 is 1.14 bits per heavy atom. The molecule has 4 rings (SSSR count). The van der Waals surface area contributed by atoms with Crippen LogP contribution in [0, 0.1) is 5.82 Å². The van der Waals surface area contributed by atoms with Gasteiger partial charge in [0.15, 0.2) is 0 Å². The molecule has 0 aliphatic carbocycles. The molecular weight excluding hydrogens is 377 g/mol. The van der Waals surface area contributed by atoms with Crippen molar-refractivity contribution in [2.24, 2.45) is 0 Å². The number of quaternary nitrogens is 1. The monoisotopic (exact) mass is 400 g/mol. The summed E-state index contributed by atoms with van der Waals surface area (Å²) in [5.74, 6) is -0.271. The summed E-state index contributed by atoms with van der Waals surface area (Å²) in [7, 11) is 0. The van der Waals surface area contributed by atoms with Crippen LogP contribution >= 0.6 is 11.8 Å². The zero-order chi connectivity index (χ0) is 19.5. The lowest BCUT2D eigenvalue weighted by molar-refractivity contribution is -0.917. The lowest BCUT2D eigenvalue weighted by atomic mass is 10.1. The molecule has 1 atom stereocenters. The van der Waals surface area contributed by atoms with Gasteiger partial charge in [-0.05, 0) is 18.2 Å². The van der Waals surface area contributed by atoms with Crippen molar-refractivity contribution in [3.8, 4) is 0 Å². The van der Waals surface area contributed by atoms with E-state index in [0.717, 1.165) is 23.7 Å². The average Bonchev–Trinajstić information content (AvgIpc) is 2.71. The Hall–Kier alpha value is -2.38. The summed E-state index contributed by atoms with van der Waals surface area (Å²) in [6, 6.07) is 14.5. The maximum absolute atomic E-state index is 13.8. The van der Waals surface area contributed by atoms with Gasteiger partial charge in [0.05, 0.1) is 37.1 Å². The molecule has 7 heteroatoms. The molecule has 2 heterocycles. The highest BCUT2D eigenvalue weighted by atomic mass is 32.2. The second-order valence-corrected chi connectivity index (χ2v) is 8.44. The van der Waals surface area contributed by atoms with Crippen molar-refractivity contribution >= 4 is 29.3 Å². The van der Waals surface area contributed by atoms with Gasteiger partial charge in [-0.1, -0.05) is 30.3 Å². The number of carbonyl (C=O) groups is 2. The molecule has 5 nitrogen and oxygen atoms in total. The molecular formula is C21H23FN3O2S+. The summed E-state index contributed by atoms with van der Waals surface area (Å²) in [4.78, 5) is 29.1. The largest absolute Gasteiger partial charge is 0.331 e. The molecule has 2 aliphatic rings. The summed E-state index contributed by atoms with van der Waals surface area (Å²) in [6.07, 6.45) is 0.202. The van der Waals surface area contributed by atoms with Crippen LogP contribution in [-0.4, -0.2) is 48.1 Å². The van der Waals surface area contributed by atoms with Crippen LogP contribution in [0.1, 0.15) is 12.0 Å². The Bertz CT molecular complexity index is 883. The molecule has 0 spiro atoms. The van der Waals surface area contributed by atoms with E-state index in [1.165, 1.54) is 22.7 Å². The third-order valence-corrected chi connectivity index (χ3v) is 6.56. The second-order valence-electron chi connectivity index (χ2n) is 7.20. The van der Waals surface area contributed by atoms with Crippen molar-refractivity contribution in [1.29, 1.82) is 0 Å². The fourth-order valence-electron chi connectivity index (χ4n) is 3.67. The van der Waals surface area contributed by atoms with Crippen LogP contribution in [0.2, 0.25) is 0 Å². The van der Waals surface area contributed by atoms with E-state index in [0.29, 0.717) is 25.2 Å². The molecule has 0 radical (unpaired) electrons. The topological polar surface area (TPSA) is 53.9 Å². The summed E-state index contributed by atoms with van der Waals surface area (Å²) in [5, 5.41) is 2.49. The smallest absolute Gasteiger partial charge is 0.238 e. The molecule has 28 heavy (non-hydrogen) atoms. The van der Waals surface area contributed by atoms with E-state index in [1.54, 1.807) is 6.07 Å². The maximum Gasteiger partial charge on any atom is 0.238 e. The minimum absolute atomic E-state index is 0.0111. The van der Waals surface area contributed by atoms with Crippen LogP contribution in [0.4, 0.5) is 10.1 Å². The summed E-state index contributed by atoms with van der Waals surface area (Å²) in [6.45, 7) is 3.47. The van der Waals surface area contributed by atoms with Crippen molar-refractivity contribution in [3.63, 3.8) is 0 Å². The number of hydrogen-bond acceptors (Lipinski definition) is 3. The van der Waals surface area contributed by atoms with Gasteiger partial charge in [-0.15, -0.1) is 11.8 Å². The first-order valence-electron chi connectivity index (χ1n) is 9.51. The number of thioether (sulfide) groups is 1. The summed E-state index contributed by atoms with van der Waals surface area (Å²) in [5.41, 5.74) is 1.53. The zero-order valence-corrected chi connectivity index (χ0v) is 16.3. The number of rotatable bonds is 4. The number of piperazine rings is 1. The van der Waals surface area contributed by atoms with Crippen LogP contribution in [0.15, 0.2) is 53.4 Å². The average molecular weight is 400 g/mol. The Balaban J connectivity index is 1.30. The van der Waals surface area contributed by atoms with Crippen molar-refractivity contribution < 1.29 is 18.9 Å². The SMILES string of the molecule is O=C1Nc2ccccc2S[C@H]1CC(=O)N1CC[NH+](Cc2ccccc2F)CC1. The van der Waals surface area contributed by atoms with Gasteiger partial charge in [-0.25, -0.2) is 4.39 Å². The lowest BCUT2D eigenvalue weighted by Gasteiger charge is -2.33.